The first kappa shape index (κ1) is 14.7. The Morgan fingerprint density at radius 3 is 2.77 bits per heavy atom. The Kier molecular flexibility index (Phi) is 4.20. The molecule has 3 nitrogen and oxygen atoms in total. The van der Waals surface area contributed by atoms with Gasteiger partial charge in [0.2, 0.25) is 0 Å². The van der Waals surface area contributed by atoms with Crippen LogP contribution in [-0.4, -0.2) is 17.4 Å². The van der Waals surface area contributed by atoms with Crippen molar-refractivity contribution in [3.05, 3.63) is 70.5 Å². The maximum Gasteiger partial charge on any atom is 0.254 e. The van der Waals surface area contributed by atoms with Crippen LogP contribution in [0.15, 0.2) is 42.5 Å². The lowest BCUT2D eigenvalue weighted by atomic mass is 10.1. The Morgan fingerprint density at radius 2 is 2.00 bits per heavy atom. The van der Waals surface area contributed by atoms with E-state index in [4.69, 9.17) is 0 Å². The smallest absolute Gasteiger partial charge is 0.254 e. The average molecular weight is 298 g/mol. The van der Waals surface area contributed by atoms with Crippen LogP contribution in [0.1, 0.15) is 34.0 Å². The molecule has 1 N–H and O–H groups in total. The van der Waals surface area contributed by atoms with Crippen molar-refractivity contribution in [2.45, 2.75) is 26.6 Å². The zero-order valence-corrected chi connectivity index (χ0v) is 12.6. The SMILES string of the molecule is CCN(Cc1cccc(F)c1)C(=O)c1ccc2c(c1)CNC2. The van der Waals surface area contributed by atoms with Crippen LogP contribution >= 0.6 is 0 Å². The minimum atomic E-state index is -0.274. The molecule has 22 heavy (non-hydrogen) atoms. The van der Waals surface area contributed by atoms with Gasteiger partial charge < -0.3 is 10.2 Å². The van der Waals surface area contributed by atoms with Crippen LogP contribution in [0.4, 0.5) is 4.39 Å². The van der Waals surface area contributed by atoms with E-state index in [1.807, 2.05) is 31.2 Å². The second-order valence-corrected chi connectivity index (χ2v) is 5.54. The monoisotopic (exact) mass is 298 g/mol. The van der Waals surface area contributed by atoms with Gasteiger partial charge in [-0.05, 0) is 47.9 Å². The van der Waals surface area contributed by atoms with Gasteiger partial charge in [0.05, 0.1) is 0 Å². The molecule has 4 heteroatoms. The van der Waals surface area contributed by atoms with E-state index in [1.165, 1.54) is 23.3 Å². The fourth-order valence-corrected chi connectivity index (χ4v) is 2.79. The van der Waals surface area contributed by atoms with Gasteiger partial charge in [-0.15, -0.1) is 0 Å². The highest BCUT2D eigenvalue weighted by Gasteiger charge is 2.18. The van der Waals surface area contributed by atoms with Crippen LogP contribution in [0, 0.1) is 5.82 Å². The topological polar surface area (TPSA) is 32.3 Å². The Labute approximate surface area is 129 Å². The predicted molar refractivity (Wildman–Crippen MR) is 83.8 cm³/mol. The summed E-state index contributed by atoms with van der Waals surface area (Å²) in [6.07, 6.45) is 0. The van der Waals surface area contributed by atoms with Crippen LogP contribution in [-0.2, 0) is 19.6 Å². The second-order valence-electron chi connectivity index (χ2n) is 5.54. The van der Waals surface area contributed by atoms with Crippen molar-refractivity contribution in [2.75, 3.05) is 6.54 Å². The molecule has 0 saturated heterocycles. The quantitative estimate of drug-likeness (QED) is 0.940. The number of carbonyl (C=O) groups is 1. The molecule has 2 aromatic carbocycles. The summed E-state index contributed by atoms with van der Waals surface area (Å²) >= 11 is 0. The molecule has 0 aliphatic carbocycles. The number of fused-ring (bicyclic) bond motifs is 1. The summed E-state index contributed by atoms with van der Waals surface area (Å²) in [5.74, 6) is -0.286. The maximum absolute atomic E-state index is 13.3. The summed E-state index contributed by atoms with van der Waals surface area (Å²) in [4.78, 5) is 14.4. The van der Waals surface area contributed by atoms with E-state index in [1.54, 1.807) is 11.0 Å². The number of carbonyl (C=O) groups excluding carboxylic acids is 1. The summed E-state index contributed by atoms with van der Waals surface area (Å²) in [5, 5.41) is 3.28. The third kappa shape index (κ3) is 3.02. The van der Waals surface area contributed by atoms with Crippen molar-refractivity contribution in [1.82, 2.24) is 10.2 Å². The standard InChI is InChI=1S/C18H19FN2O/c1-2-21(12-13-4-3-5-17(19)8-13)18(22)14-6-7-15-10-20-11-16(15)9-14/h3-9,20H,2,10-12H2,1H3. The molecule has 0 radical (unpaired) electrons. The van der Waals surface area contributed by atoms with E-state index in [-0.39, 0.29) is 11.7 Å². The summed E-state index contributed by atoms with van der Waals surface area (Å²) in [6.45, 7) is 4.62. The van der Waals surface area contributed by atoms with Crippen molar-refractivity contribution < 1.29 is 9.18 Å². The highest BCUT2D eigenvalue weighted by molar-refractivity contribution is 5.94. The minimum Gasteiger partial charge on any atom is -0.335 e. The van der Waals surface area contributed by atoms with E-state index in [0.717, 1.165) is 18.7 Å². The largest absolute Gasteiger partial charge is 0.335 e. The van der Waals surface area contributed by atoms with Gasteiger partial charge >= 0.3 is 0 Å². The molecule has 0 aromatic heterocycles. The van der Waals surface area contributed by atoms with Crippen LogP contribution in [0.2, 0.25) is 0 Å². The Hall–Kier alpha value is -2.20. The summed E-state index contributed by atoms with van der Waals surface area (Å²) < 4.78 is 13.3. The maximum atomic E-state index is 13.3. The van der Waals surface area contributed by atoms with Crippen LogP contribution in [0.5, 0.6) is 0 Å². The highest BCUT2D eigenvalue weighted by Crippen LogP contribution is 2.19. The van der Waals surface area contributed by atoms with E-state index in [2.05, 4.69) is 5.32 Å². The molecule has 0 saturated carbocycles. The molecule has 114 valence electrons. The average Bonchev–Trinajstić information content (AvgIpc) is 2.99. The van der Waals surface area contributed by atoms with Crippen molar-refractivity contribution >= 4 is 5.91 Å². The number of benzene rings is 2. The number of amides is 1. The number of rotatable bonds is 4. The summed E-state index contributed by atoms with van der Waals surface area (Å²) in [5.41, 5.74) is 3.94. The number of nitrogens with one attached hydrogen (secondary N) is 1. The van der Waals surface area contributed by atoms with Crippen LogP contribution in [0.3, 0.4) is 0 Å². The summed E-state index contributed by atoms with van der Waals surface area (Å²) in [7, 11) is 0. The second kappa shape index (κ2) is 6.28. The van der Waals surface area contributed by atoms with Gasteiger partial charge in [0.15, 0.2) is 0 Å². The Balaban J connectivity index is 1.79. The number of hydrogen-bond acceptors (Lipinski definition) is 2. The van der Waals surface area contributed by atoms with Gasteiger partial charge in [-0.1, -0.05) is 18.2 Å². The van der Waals surface area contributed by atoms with Crippen molar-refractivity contribution in [1.29, 1.82) is 0 Å². The molecule has 2 aromatic rings. The Morgan fingerprint density at radius 1 is 1.18 bits per heavy atom. The van der Waals surface area contributed by atoms with E-state index < -0.39 is 0 Å². The lowest BCUT2D eigenvalue weighted by molar-refractivity contribution is 0.0752. The molecule has 1 aliphatic rings. The van der Waals surface area contributed by atoms with Gasteiger partial charge in [-0.2, -0.15) is 0 Å². The van der Waals surface area contributed by atoms with E-state index in [9.17, 15) is 9.18 Å². The molecule has 0 fully saturated rings. The molecule has 3 rings (SSSR count). The summed E-state index contributed by atoms with van der Waals surface area (Å²) in [6, 6.07) is 12.3. The first-order valence-electron chi connectivity index (χ1n) is 7.53. The van der Waals surface area contributed by atoms with Crippen molar-refractivity contribution in [2.24, 2.45) is 0 Å². The van der Waals surface area contributed by atoms with Crippen LogP contribution < -0.4 is 5.32 Å². The molecule has 0 atom stereocenters. The number of nitrogens with zero attached hydrogens (tertiary/aromatic N) is 1. The fourth-order valence-electron chi connectivity index (χ4n) is 2.79. The predicted octanol–water partition coefficient (Wildman–Crippen LogP) is 3.09. The first-order chi connectivity index (χ1) is 10.7. The zero-order chi connectivity index (χ0) is 15.5. The van der Waals surface area contributed by atoms with Gasteiger partial charge in [0.1, 0.15) is 5.82 Å². The minimum absolute atomic E-state index is 0.0125. The number of halogens is 1. The molecule has 0 unspecified atom stereocenters. The normalized spacial score (nSPS) is 13.0. The molecule has 1 aliphatic heterocycles. The zero-order valence-electron chi connectivity index (χ0n) is 12.6. The fraction of sp³-hybridized carbons (Fsp3) is 0.278. The highest BCUT2D eigenvalue weighted by atomic mass is 19.1. The van der Waals surface area contributed by atoms with E-state index in [0.29, 0.717) is 18.7 Å². The number of hydrogen-bond donors (Lipinski definition) is 1. The van der Waals surface area contributed by atoms with E-state index >= 15 is 0 Å². The molecule has 0 spiro atoms. The van der Waals surface area contributed by atoms with Crippen molar-refractivity contribution in [3.8, 4) is 0 Å². The third-order valence-corrected chi connectivity index (χ3v) is 4.02. The van der Waals surface area contributed by atoms with Gasteiger partial charge in [0.25, 0.3) is 5.91 Å². The third-order valence-electron chi connectivity index (χ3n) is 4.02. The molecule has 1 amide bonds. The lowest BCUT2D eigenvalue weighted by Crippen LogP contribution is -2.30. The van der Waals surface area contributed by atoms with Gasteiger partial charge in [0, 0.05) is 31.7 Å². The van der Waals surface area contributed by atoms with Gasteiger partial charge in [-0.3, -0.25) is 4.79 Å². The Bertz CT molecular complexity index is 699. The molecule has 0 bridgehead atoms. The van der Waals surface area contributed by atoms with Crippen LogP contribution in [0.25, 0.3) is 0 Å². The lowest BCUT2D eigenvalue weighted by Gasteiger charge is -2.21. The first-order valence-corrected chi connectivity index (χ1v) is 7.53. The van der Waals surface area contributed by atoms with Crippen molar-refractivity contribution in [3.63, 3.8) is 0 Å². The molecule has 1 heterocycles. The van der Waals surface area contributed by atoms with Gasteiger partial charge in [-0.25, -0.2) is 4.39 Å². The molecular weight excluding hydrogens is 279 g/mol. The molecular formula is C18H19FN2O.